The predicted octanol–water partition coefficient (Wildman–Crippen LogP) is 3.49. The van der Waals surface area contributed by atoms with Crippen LogP contribution in [-0.4, -0.2) is 23.0 Å². The number of rotatable bonds is 6. The first-order valence-electron chi connectivity index (χ1n) is 7.35. The van der Waals surface area contributed by atoms with Crippen molar-refractivity contribution in [1.82, 2.24) is 5.32 Å². The molecule has 5 heteroatoms. The first-order valence-corrected chi connectivity index (χ1v) is 8.17. The highest BCUT2D eigenvalue weighted by atomic mass is 32.1. The van der Waals surface area contributed by atoms with Crippen LogP contribution in [0.1, 0.15) is 61.2 Å². The fourth-order valence-electron chi connectivity index (χ4n) is 2.17. The number of amides is 1. The van der Waals surface area contributed by atoms with Gasteiger partial charge in [-0.3, -0.25) is 4.79 Å². The molecule has 1 heterocycles. The van der Waals surface area contributed by atoms with Crippen LogP contribution in [0.3, 0.4) is 0 Å². The number of aryl methyl sites for hydroxylation is 2. The Bertz CT molecular complexity index is 514. The zero-order valence-electron chi connectivity index (χ0n) is 13.4. The van der Waals surface area contributed by atoms with Gasteiger partial charge in [-0.05, 0) is 29.9 Å². The lowest BCUT2D eigenvalue weighted by molar-refractivity contribution is -0.142. The van der Waals surface area contributed by atoms with Crippen molar-refractivity contribution in [2.45, 2.75) is 59.9 Å². The Labute approximate surface area is 130 Å². The summed E-state index contributed by atoms with van der Waals surface area (Å²) in [6.07, 6.45) is 2.89. The lowest BCUT2D eigenvalue weighted by Gasteiger charge is -2.27. The number of carbonyl (C=O) groups is 2. The molecule has 0 spiro atoms. The van der Waals surface area contributed by atoms with Crippen LogP contribution in [0, 0.1) is 5.41 Å². The number of hydrogen-bond acceptors (Lipinski definition) is 3. The largest absolute Gasteiger partial charge is 0.480 e. The molecule has 0 saturated heterocycles. The van der Waals surface area contributed by atoms with E-state index in [1.54, 1.807) is 20.8 Å². The van der Waals surface area contributed by atoms with Gasteiger partial charge < -0.3 is 10.4 Å². The molecule has 0 fully saturated rings. The molecule has 0 aliphatic carbocycles. The second-order valence-corrected chi connectivity index (χ2v) is 7.41. The van der Waals surface area contributed by atoms with E-state index in [2.05, 4.69) is 19.2 Å². The topological polar surface area (TPSA) is 66.4 Å². The molecule has 0 bridgehead atoms. The molecule has 0 aromatic carbocycles. The van der Waals surface area contributed by atoms with E-state index in [1.165, 1.54) is 21.8 Å². The number of aliphatic carboxylic acids is 1. The summed E-state index contributed by atoms with van der Waals surface area (Å²) in [4.78, 5) is 25.5. The first-order chi connectivity index (χ1) is 9.70. The van der Waals surface area contributed by atoms with Crippen LogP contribution in [0.2, 0.25) is 0 Å². The minimum atomic E-state index is -1.00. The Balaban J connectivity index is 2.95. The quantitative estimate of drug-likeness (QED) is 0.845. The molecule has 21 heavy (non-hydrogen) atoms. The summed E-state index contributed by atoms with van der Waals surface area (Å²) >= 11 is 1.48. The van der Waals surface area contributed by atoms with Crippen molar-refractivity contribution < 1.29 is 14.7 Å². The third kappa shape index (κ3) is 4.56. The molecule has 0 aliphatic rings. The predicted molar refractivity (Wildman–Crippen MR) is 86.0 cm³/mol. The van der Waals surface area contributed by atoms with E-state index in [0.717, 1.165) is 19.3 Å². The lowest BCUT2D eigenvalue weighted by Crippen LogP contribution is -2.48. The molecule has 0 aliphatic heterocycles. The molecule has 0 radical (unpaired) electrons. The Morgan fingerprint density at radius 1 is 1.33 bits per heavy atom. The van der Waals surface area contributed by atoms with Crippen molar-refractivity contribution >= 4 is 23.2 Å². The Morgan fingerprint density at radius 3 is 2.38 bits per heavy atom. The second-order valence-electron chi connectivity index (χ2n) is 6.27. The number of carboxylic acids is 1. The minimum absolute atomic E-state index is 0.292. The van der Waals surface area contributed by atoms with Crippen LogP contribution in [0.5, 0.6) is 0 Å². The first kappa shape index (κ1) is 17.7. The van der Waals surface area contributed by atoms with E-state index < -0.39 is 17.4 Å². The number of carbonyl (C=O) groups excluding carboxylic acids is 1. The number of hydrogen-bond donors (Lipinski definition) is 2. The highest BCUT2D eigenvalue weighted by molar-refractivity contribution is 7.14. The molecular formula is C16H25NO3S. The maximum atomic E-state index is 12.3. The maximum Gasteiger partial charge on any atom is 0.326 e. The van der Waals surface area contributed by atoms with E-state index in [9.17, 15) is 14.7 Å². The monoisotopic (exact) mass is 311 g/mol. The summed E-state index contributed by atoms with van der Waals surface area (Å²) in [5, 5.41) is 11.9. The van der Waals surface area contributed by atoms with Crippen molar-refractivity contribution in [1.29, 1.82) is 0 Å². The Kier molecular flexibility index (Phi) is 5.96. The molecular weight excluding hydrogens is 286 g/mol. The van der Waals surface area contributed by atoms with Gasteiger partial charge in [0.1, 0.15) is 6.04 Å². The summed E-state index contributed by atoms with van der Waals surface area (Å²) in [6.45, 7) is 9.60. The molecule has 118 valence electrons. The van der Waals surface area contributed by atoms with Crippen LogP contribution in [-0.2, 0) is 17.6 Å². The van der Waals surface area contributed by atoms with Crippen molar-refractivity contribution in [3.8, 4) is 0 Å². The van der Waals surface area contributed by atoms with Crippen LogP contribution in [0.25, 0.3) is 0 Å². The van der Waals surface area contributed by atoms with Gasteiger partial charge in [-0.2, -0.15) is 0 Å². The average Bonchev–Trinajstić information content (AvgIpc) is 2.77. The summed E-state index contributed by atoms with van der Waals surface area (Å²) in [6, 6.07) is 0.999. The minimum Gasteiger partial charge on any atom is -0.480 e. The third-order valence-electron chi connectivity index (χ3n) is 3.37. The van der Waals surface area contributed by atoms with E-state index in [4.69, 9.17) is 0 Å². The van der Waals surface area contributed by atoms with Crippen LogP contribution >= 0.6 is 11.3 Å². The zero-order valence-corrected chi connectivity index (χ0v) is 14.3. The molecule has 1 aromatic rings. The Hall–Kier alpha value is -1.36. The van der Waals surface area contributed by atoms with Gasteiger partial charge in [0.25, 0.3) is 5.91 Å². The molecule has 1 rings (SSSR count). The number of carboxylic acid groups (broad SMARTS) is 1. The molecule has 1 amide bonds. The standard InChI is InChI=1S/C16H25NO3S/c1-6-8-11-10(7-2)9-12(21-11)14(18)17-13(15(19)20)16(3,4)5/h9,13H,6-8H2,1-5H3,(H,17,18)(H,19,20). The summed E-state index contributed by atoms with van der Waals surface area (Å²) in [5.41, 5.74) is 0.660. The van der Waals surface area contributed by atoms with Crippen molar-refractivity contribution in [3.63, 3.8) is 0 Å². The van der Waals surface area contributed by atoms with Crippen molar-refractivity contribution in [3.05, 3.63) is 21.4 Å². The molecule has 0 saturated carbocycles. The van der Waals surface area contributed by atoms with Gasteiger partial charge in [0.05, 0.1) is 4.88 Å². The molecule has 1 aromatic heterocycles. The fraction of sp³-hybridized carbons (Fsp3) is 0.625. The van der Waals surface area contributed by atoms with Gasteiger partial charge in [-0.1, -0.05) is 41.0 Å². The van der Waals surface area contributed by atoms with Gasteiger partial charge in [0.2, 0.25) is 0 Å². The van der Waals surface area contributed by atoms with Gasteiger partial charge in [-0.25, -0.2) is 4.79 Å². The van der Waals surface area contributed by atoms with Crippen LogP contribution in [0.15, 0.2) is 6.07 Å². The van der Waals surface area contributed by atoms with Gasteiger partial charge >= 0.3 is 5.97 Å². The van der Waals surface area contributed by atoms with Gasteiger partial charge in [0, 0.05) is 4.88 Å². The highest BCUT2D eigenvalue weighted by Gasteiger charge is 2.33. The average molecular weight is 311 g/mol. The highest BCUT2D eigenvalue weighted by Crippen LogP contribution is 2.26. The zero-order chi connectivity index (χ0) is 16.2. The summed E-state index contributed by atoms with van der Waals surface area (Å²) in [5.74, 6) is -1.30. The van der Waals surface area contributed by atoms with Crippen molar-refractivity contribution in [2.24, 2.45) is 5.41 Å². The van der Waals surface area contributed by atoms with Crippen molar-refractivity contribution in [2.75, 3.05) is 0 Å². The van der Waals surface area contributed by atoms with E-state index >= 15 is 0 Å². The molecule has 1 unspecified atom stereocenters. The second kappa shape index (κ2) is 7.07. The smallest absolute Gasteiger partial charge is 0.326 e. The number of nitrogens with one attached hydrogen (secondary N) is 1. The molecule has 2 N–H and O–H groups in total. The van der Waals surface area contributed by atoms with Gasteiger partial charge in [0.15, 0.2) is 0 Å². The summed E-state index contributed by atoms with van der Waals surface area (Å²) < 4.78 is 0. The molecule has 4 nitrogen and oxygen atoms in total. The molecule has 1 atom stereocenters. The Morgan fingerprint density at radius 2 is 1.95 bits per heavy atom. The van der Waals surface area contributed by atoms with Crippen LogP contribution in [0.4, 0.5) is 0 Å². The van der Waals surface area contributed by atoms with E-state index in [-0.39, 0.29) is 5.91 Å². The maximum absolute atomic E-state index is 12.3. The third-order valence-corrected chi connectivity index (χ3v) is 4.60. The summed E-state index contributed by atoms with van der Waals surface area (Å²) in [7, 11) is 0. The van der Waals surface area contributed by atoms with E-state index in [1.807, 2.05) is 6.07 Å². The van der Waals surface area contributed by atoms with Gasteiger partial charge in [-0.15, -0.1) is 11.3 Å². The fourth-order valence-corrected chi connectivity index (χ4v) is 3.43. The van der Waals surface area contributed by atoms with Crippen LogP contribution < -0.4 is 5.32 Å². The number of thiophene rings is 1. The normalized spacial score (nSPS) is 13.0. The SMILES string of the molecule is CCCc1sc(C(=O)NC(C(=O)O)C(C)(C)C)cc1CC. The lowest BCUT2D eigenvalue weighted by atomic mass is 9.87. The van der Waals surface area contributed by atoms with E-state index in [0.29, 0.717) is 4.88 Å².